The second kappa shape index (κ2) is 5.83. The van der Waals surface area contributed by atoms with Crippen molar-refractivity contribution in [2.75, 3.05) is 32.7 Å². The zero-order valence-corrected chi connectivity index (χ0v) is 11.0. The first-order valence-corrected chi connectivity index (χ1v) is 6.90. The normalized spacial score (nSPS) is 31.8. The van der Waals surface area contributed by atoms with Crippen LogP contribution in [-0.2, 0) is 4.79 Å². The SMILES string of the molecule is CC(C)C(=O)NCCNC1CCN2CCC1C2. The molecule has 4 heteroatoms. The van der Waals surface area contributed by atoms with Crippen LogP contribution in [0.25, 0.3) is 0 Å². The highest BCUT2D eigenvalue weighted by Crippen LogP contribution is 2.26. The number of carbonyl (C=O) groups excluding carboxylic acids is 1. The van der Waals surface area contributed by atoms with E-state index in [1.54, 1.807) is 0 Å². The van der Waals surface area contributed by atoms with E-state index in [0.29, 0.717) is 6.04 Å². The van der Waals surface area contributed by atoms with Gasteiger partial charge in [-0.25, -0.2) is 0 Å². The molecule has 17 heavy (non-hydrogen) atoms. The number of nitrogens with zero attached hydrogens (tertiary/aromatic N) is 1. The van der Waals surface area contributed by atoms with Crippen molar-refractivity contribution in [1.82, 2.24) is 15.5 Å². The summed E-state index contributed by atoms with van der Waals surface area (Å²) in [6.45, 7) is 9.31. The van der Waals surface area contributed by atoms with E-state index in [0.717, 1.165) is 19.0 Å². The van der Waals surface area contributed by atoms with Crippen LogP contribution in [0.1, 0.15) is 26.7 Å². The van der Waals surface area contributed by atoms with Crippen molar-refractivity contribution in [3.8, 4) is 0 Å². The van der Waals surface area contributed by atoms with E-state index in [2.05, 4.69) is 15.5 Å². The first-order valence-electron chi connectivity index (χ1n) is 6.90. The molecule has 0 radical (unpaired) electrons. The van der Waals surface area contributed by atoms with Gasteiger partial charge in [-0.2, -0.15) is 0 Å². The lowest BCUT2D eigenvalue weighted by Crippen LogP contribution is -2.46. The third-order valence-corrected chi connectivity index (χ3v) is 3.99. The van der Waals surface area contributed by atoms with E-state index in [-0.39, 0.29) is 11.8 Å². The lowest BCUT2D eigenvalue weighted by atomic mass is 9.94. The molecule has 0 aromatic rings. The minimum absolute atomic E-state index is 0.0908. The van der Waals surface area contributed by atoms with Gasteiger partial charge in [-0.3, -0.25) is 4.79 Å². The topological polar surface area (TPSA) is 44.4 Å². The molecule has 0 saturated carbocycles. The summed E-state index contributed by atoms with van der Waals surface area (Å²) in [5, 5.41) is 6.56. The van der Waals surface area contributed by atoms with Crippen molar-refractivity contribution in [3.05, 3.63) is 0 Å². The highest BCUT2D eigenvalue weighted by atomic mass is 16.1. The van der Waals surface area contributed by atoms with E-state index >= 15 is 0 Å². The number of piperidine rings is 1. The van der Waals surface area contributed by atoms with Crippen molar-refractivity contribution < 1.29 is 4.79 Å². The zero-order valence-electron chi connectivity index (χ0n) is 11.0. The monoisotopic (exact) mass is 239 g/mol. The maximum atomic E-state index is 11.4. The summed E-state index contributed by atoms with van der Waals surface area (Å²) in [5.74, 6) is 1.08. The highest BCUT2D eigenvalue weighted by Gasteiger charge is 2.33. The number of amides is 1. The zero-order chi connectivity index (χ0) is 12.3. The van der Waals surface area contributed by atoms with Crippen molar-refractivity contribution in [1.29, 1.82) is 0 Å². The quantitative estimate of drug-likeness (QED) is 0.684. The fraction of sp³-hybridized carbons (Fsp3) is 0.923. The summed E-state index contributed by atoms with van der Waals surface area (Å²) in [6.07, 6.45) is 2.61. The lowest BCUT2D eigenvalue weighted by molar-refractivity contribution is -0.123. The van der Waals surface area contributed by atoms with Gasteiger partial charge in [-0.1, -0.05) is 13.8 Å². The van der Waals surface area contributed by atoms with Crippen LogP contribution in [0.2, 0.25) is 0 Å². The number of rotatable bonds is 5. The first-order chi connectivity index (χ1) is 8.16. The summed E-state index contributed by atoms with van der Waals surface area (Å²) in [4.78, 5) is 13.9. The molecule has 2 aliphatic heterocycles. The average Bonchev–Trinajstić information content (AvgIpc) is 2.69. The average molecular weight is 239 g/mol. The smallest absolute Gasteiger partial charge is 0.222 e. The Bertz CT molecular complexity index is 267. The van der Waals surface area contributed by atoms with Crippen LogP contribution in [0, 0.1) is 11.8 Å². The molecular formula is C13H25N3O. The predicted molar refractivity (Wildman–Crippen MR) is 68.8 cm³/mol. The standard InChI is InChI=1S/C13H25N3O/c1-10(2)13(17)15-6-5-14-12-4-8-16-7-3-11(12)9-16/h10-12,14H,3-9H2,1-2H3,(H,15,17). The number of hydrogen-bond donors (Lipinski definition) is 2. The number of nitrogens with one attached hydrogen (secondary N) is 2. The van der Waals surface area contributed by atoms with Gasteiger partial charge in [0.25, 0.3) is 0 Å². The van der Waals surface area contributed by atoms with E-state index in [1.165, 1.54) is 32.5 Å². The summed E-state index contributed by atoms with van der Waals surface area (Å²) in [6, 6.07) is 0.671. The van der Waals surface area contributed by atoms with Crippen molar-refractivity contribution in [3.63, 3.8) is 0 Å². The molecule has 3 atom stereocenters. The Morgan fingerprint density at radius 1 is 1.29 bits per heavy atom. The molecule has 3 unspecified atom stereocenters. The first kappa shape index (κ1) is 12.8. The molecule has 98 valence electrons. The van der Waals surface area contributed by atoms with E-state index in [9.17, 15) is 4.79 Å². The van der Waals surface area contributed by atoms with Gasteiger partial charge in [-0.15, -0.1) is 0 Å². The molecule has 2 fully saturated rings. The largest absolute Gasteiger partial charge is 0.355 e. The molecule has 2 N–H and O–H groups in total. The summed E-state index contributed by atoms with van der Waals surface area (Å²) < 4.78 is 0. The van der Waals surface area contributed by atoms with Gasteiger partial charge in [-0.05, 0) is 31.8 Å². The van der Waals surface area contributed by atoms with Crippen LogP contribution < -0.4 is 10.6 Å². The maximum absolute atomic E-state index is 11.4. The lowest BCUT2D eigenvalue weighted by Gasteiger charge is -2.31. The minimum atomic E-state index is 0.0908. The summed E-state index contributed by atoms with van der Waals surface area (Å²) in [7, 11) is 0. The van der Waals surface area contributed by atoms with Gasteiger partial charge in [0.2, 0.25) is 5.91 Å². The molecule has 0 aliphatic carbocycles. The fourth-order valence-corrected chi connectivity index (χ4v) is 2.87. The molecule has 2 aliphatic rings. The maximum Gasteiger partial charge on any atom is 0.222 e. The molecule has 0 spiro atoms. The molecular weight excluding hydrogens is 214 g/mol. The van der Waals surface area contributed by atoms with E-state index in [4.69, 9.17) is 0 Å². The Balaban J connectivity index is 1.60. The van der Waals surface area contributed by atoms with Crippen LogP contribution in [0.5, 0.6) is 0 Å². The van der Waals surface area contributed by atoms with Gasteiger partial charge in [0, 0.05) is 31.6 Å². The van der Waals surface area contributed by atoms with Gasteiger partial charge in [0.1, 0.15) is 0 Å². The van der Waals surface area contributed by atoms with Gasteiger partial charge in [0.05, 0.1) is 0 Å². The second-order valence-corrected chi connectivity index (χ2v) is 5.64. The number of carbonyl (C=O) groups is 1. The molecule has 0 aromatic carbocycles. The summed E-state index contributed by atoms with van der Waals surface area (Å²) in [5.41, 5.74) is 0. The molecule has 1 amide bonds. The van der Waals surface area contributed by atoms with Gasteiger partial charge >= 0.3 is 0 Å². The van der Waals surface area contributed by atoms with Crippen LogP contribution in [-0.4, -0.2) is 49.6 Å². The summed E-state index contributed by atoms with van der Waals surface area (Å²) >= 11 is 0. The van der Waals surface area contributed by atoms with Crippen LogP contribution in [0.15, 0.2) is 0 Å². The Morgan fingerprint density at radius 2 is 2.06 bits per heavy atom. The molecule has 2 rings (SSSR count). The molecule has 2 heterocycles. The Labute approximate surface area is 104 Å². The molecule has 2 saturated heterocycles. The number of fused-ring (bicyclic) bond motifs is 2. The Kier molecular flexibility index (Phi) is 4.40. The van der Waals surface area contributed by atoms with E-state index < -0.39 is 0 Å². The highest BCUT2D eigenvalue weighted by molar-refractivity contribution is 5.77. The second-order valence-electron chi connectivity index (χ2n) is 5.64. The predicted octanol–water partition coefficient (Wildman–Crippen LogP) is 0.442. The third kappa shape index (κ3) is 3.42. The van der Waals surface area contributed by atoms with Crippen molar-refractivity contribution in [2.24, 2.45) is 11.8 Å². The number of hydrogen-bond acceptors (Lipinski definition) is 3. The van der Waals surface area contributed by atoms with Crippen molar-refractivity contribution in [2.45, 2.75) is 32.7 Å². The van der Waals surface area contributed by atoms with Crippen LogP contribution >= 0.6 is 0 Å². The Morgan fingerprint density at radius 3 is 2.82 bits per heavy atom. The van der Waals surface area contributed by atoms with Crippen molar-refractivity contribution >= 4 is 5.91 Å². The molecule has 2 bridgehead atoms. The van der Waals surface area contributed by atoms with E-state index in [1.807, 2.05) is 13.8 Å². The van der Waals surface area contributed by atoms with Crippen LogP contribution in [0.4, 0.5) is 0 Å². The Hall–Kier alpha value is -0.610. The van der Waals surface area contributed by atoms with Crippen LogP contribution in [0.3, 0.4) is 0 Å². The van der Waals surface area contributed by atoms with Gasteiger partial charge in [0.15, 0.2) is 0 Å². The fourth-order valence-electron chi connectivity index (χ4n) is 2.87. The molecule has 4 nitrogen and oxygen atoms in total. The van der Waals surface area contributed by atoms with Gasteiger partial charge < -0.3 is 15.5 Å². The minimum Gasteiger partial charge on any atom is -0.355 e. The third-order valence-electron chi connectivity index (χ3n) is 3.99. The molecule has 0 aromatic heterocycles.